The summed E-state index contributed by atoms with van der Waals surface area (Å²) in [6.45, 7) is -0.632. The number of rotatable bonds is 2. The van der Waals surface area contributed by atoms with E-state index in [1.165, 1.54) is 12.1 Å². The molecule has 0 aliphatic carbocycles. The molecule has 0 heterocycles. The summed E-state index contributed by atoms with van der Waals surface area (Å²) in [5.74, 6) is -1.44. The van der Waals surface area contributed by atoms with Crippen molar-refractivity contribution in [2.75, 3.05) is 0 Å². The van der Waals surface area contributed by atoms with Crippen LogP contribution in [0.3, 0.4) is 0 Å². The molecule has 1 nitrogen and oxygen atoms in total. The molecule has 0 atom stereocenters. The molecule has 0 bridgehead atoms. The van der Waals surface area contributed by atoms with Gasteiger partial charge in [0.15, 0.2) is 0 Å². The van der Waals surface area contributed by atoms with Crippen LogP contribution >= 0.6 is 0 Å². The standard InChI is InChI=1S/C13H10F2O/c14-12-6-10(7-13(15)11(12)8-16)9-4-2-1-3-5-9/h1-7,16H,8H2. The molecule has 16 heavy (non-hydrogen) atoms. The molecule has 82 valence electrons. The molecule has 0 amide bonds. The van der Waals surface area contributed by atoms with Crippen LogP contribution in [-0.2, 0) is 6.61 Å². The Labute approximate surface area is 92.0 Å². The SMILES string of the molecule is OCc1c(F)cc(-c2ccccc2)cc1F. The average molecular weight is 220 g/mol. The summed E-state index contributed by atoms with van der Waals surface area (Å²) in [4.78, 5) is 0. The minimum absolute atomic E-state index is 0.292. The van der Waals surface area contributed by atoms with E-state index in [9.17, 15) is 8.78 Å². The van der Waals surface area contributed by atoms with Gasteiger partial charge in [0.2, 0.25) is 0 Å². The van der Waals surface area contributed by atoms with Crippen LogP contribution in [0.15, 0.2) is 42.5 Å². The molecular weight excluding hydrogens is 210 g/mol. The first-order valence-corrected chi connectivity index (χ1v) is 4.86. The minimum Gasteiger partial charge on any atom is -0.391 e. The van der Waals surface area contributed by atoms with Crippen LogP contribution < -0.4 is 0 Å². The summed E-state index contributed by atoms with van der Waals surface area (Å²) in [5.41, 5.74) is 0.914. The molecule has 3 heteroatoms. The van der Waals surface area contributed by atoms with Crippen molar-refractivity contribution < 1.29 is 13.9 Å². The highest BCUT2D eigenvalue weighted by molar-refractivity contribution is 5.63. The number of benzene rings is 2. The first-order valence-electron chi connectivity index (χ1n) is 4.86. The van der Waals surface area contributed by atoms with E-state index >= 15 is 0 Å². The van der Waals surface area contributed by atoms with Crippen molar-refractivity contribution >= 4 is 0 Å². The predicted octanol–water partition coefficient (Wildman–Crippen LogP) is 3.12. The zero-order valence-corrected chi connectivity index (χ0v) is 8.45. The van der Waals surface area contributed by atoms with Crippen molar-refractivity contribution in [3.8, 4) is 11.1 Å². The Morgan fingerprint density at radius 3 is 1.94 bits per heavy atom. The summed E-state index contributed by atoms with van der Waals surface area (Å²) < 4.78 is 26.8. The van der Waals surface area contributed by atoms with Crippen LogP contribution in [0, 0.1) is 11.6 Å². The number of hydrogen-bond donors (Lipinski definition) is 1. The zero-order chi connectivity index (χ0) is 11.5. The Morgan fingerprint density at radius 2 is 1.44 bits per heavy atom. The quantitative estimate of drug-likeness (QED) is 0.824. The number of aliphatic hydroxyl groups is 1. The maximum absolute atomic E-state index is 13.4. The molecule has 0 unspecified atom stereocenters. The zero-order valence-electron chi connectivity index (χ0n) is 8.45. The van der Waals surface area contributed by atoms with E-state index in [2.05, 4.69) is 0 Å². The molecule has 0 saturated carbocycles. The third-order valence-corrected chi connectivity index (χ3v) is 2.41. The maximum atomic E-state index is 13.4. The molecule has 0 saturated heterocycles. The maximum Gasteiger partial charge on any atom is 0.132 e. The summed E-state index contributed by atoms with van der Waals surface area (Å²) in [5, 5.41) is 8.78. The van der Waals surface area contributed by atoms with Gasteiger partial charge >= 0.3 is 0 Å². The second-order valence-electron chi connectivity index (χ2n) is 3.44. The van der Waals surface area contributed by atoms with Crippen molar-refractivity contribution in [2.24, 2.45) is 0 Å². The van der Waals surface area contributed by atoms with E-state index < -0.39 is 18.2 Å². The first kappa shape index (κ1) is 10.8. The number of hydrogen-bond acceptors (Lipinski definition) is 1. The Morgan fingerprint density at radius 1 is 0.875 bits per heavy atom. The van der Waals surface area contributed by atoms with E-state index in [1.807, 2.05) is 6.07 Å². The average Bonchev–Trinajstić information content (AvgIpc) is 2.30. The lowest BCUT2D eigenvalue weighted by Gasteiger charge is -2.06. The Hall–Kier alpha value is -1.74. The van der Waals surface area contributed by atoms with Crippen LogP contribution in [0.4, 0.5) is 8.78 Å². The van der Waals surface area contributed by atoms with Gasteiger partial charge in [0, 0.05) is 5.56 Å². The van der Waals surface area contributed by atoms with Gasteiger partial charge in [0.25, 0.3) is 0 Å². The van der Waals surface area contributed by atoms with Gasteiger partial charge < -0.3 is 5.11 Å². The fraction of sp³-hybridized carbons (Fsp3) is 0.0769. The topological polar surface area (TPSA) is 20.2 Å². The van der Waals surface area contributed by atoms with E-state index in [4.69, 9.17) is 5.11 Å². The number of halogens is 2. The van der Waals surface area contributed by atoms with Gasteiger partial charge in [-0.3, -0.25) is 0 Å². The van der Waals surface area contributed by atoms with Gasteiger partial charge in [-0.25, -0.2) is 8.78 Å². The normalized spacial score (nSPS) is 10.4. The van der Waals surface area contributed by atoms with Crippen LogP contribution in [0.1, 0.15) is 5.56 Å². The molecule has 0 radical (unpaired) electrons. The van der Waals surface area contributed by atoms with Crippen molar-refractivity contribution in [3.63, 3.8) is 0 Å². The van der Waals surface area contributed by atoms with Crippen molar-refractivity contribution in [1.29, 1.82) is 0 Å². The van der Waals surface area contributed by atoms with Crippen LogP contribution in [0.2, 0.25) is 0 Å². The fourth-order valence-electron chi connectivity index (χ4n) is 1.55. The molecule has 2 aromatic rings. The molecule has 2 aromatic carbocycles. The molecule has 0 aliphatic heterocycles. The monoisotopic (exact) mass is 220 g/mol. The van der Waals surface area contributed by atoms with Crippen LogP contribution in [-0.4, -0.2) is 5.11 Å². The third-order valence-electron chi connectivity index (χ3n) is 2.41. The molecule has 0 spiro atoms. The lowest BCUT2D eigenvalue weighted by molar-refractivity contribution is 0.269. The van der Waals surface area contributed by atoms with Crippen molar-refractivity contribution in [2.45, 2.75) is 6.61 Å². The van der Waals surface area contributed by atoms with Gasteiger partial charge in [0.1, 0.15) is 11.6 Å². The highest BCUT2D eigenvalue weighted by atomic mass is 19.1. The molecule has 0 aliphatic rings. The minimum atomic E-state index is -0.721. The Balaban J connectivity index is 2.53. The molecule has 1 N–H and O–H groups in total. The van der Waals surface area contributed by atoms with Gasteiger partial charge in [-0.05, 0) is 23.3 Å². The predicted molar refractivity (Wildman–Crippen MR) is 57.7 cm³/mol. The second kappa shape index (κ2) is 4.41. The summed E-state index contributed by atoms with van der Waals surface area (Å²) in [7, 11) is 0. The molecular formula is C13H10F2O. The van der Waals surface area contributed by atoms with Crippen molar-refractivity contribution in [1.82, 2.24) is 0 Å². The first-order chi connectivity index (χ1) is 7.72. The fourth-order valence-corrected chi connectivity index (χ4v) is 1.55. The van der Waals surface area contributed by atoms with Gasteiger partial charge in [-0.1, -0.05) is 30.3 Å². The highest BCUT2D eigenvalue weighted by Crippen LogP contribution is 2.24. The highest BCUT2D eigenvalue weighted by Gasteiger charge is 2.10. The van der Waals surface area contributed by atoms with E-state index in [-0.39, 0.29) is 5.56 Å². The van der Waals surface area contributed by atoms with E-state index in [1.54, 1.807) is 24.3 Å². The Kier molecular flexibility index (Phi) is 2.97. The van der Waals surface area contributed by atoms with E-state index in [0.29, 0.717) is 5.56 Å². The molecule has 2 rings (SSSR count). The molecule has 0 aromatic heterocycles. The summed E-state index contributed by atoms with van der Waals surface area (Å²) in [6, 6.07) is 11.4. The van der Waals surface area contributed by atoms with Crippen LogP contribution in [0.25, 0.3) is 11.1 Å². The largest absolute Gasteiger partial charge is 0.391 e. The van der Waals surface area contributed by atoms with Gasteiger partial charge in [-0.2, -0.15) is 0 Å². The second-order valence-corrected chi connectivity index (χ2v) is 3.44. The summed E-state index contributed by atoms with van der Waals surface area (Å²) >= 11 is 0. The van der Waals surface area contributed by atoms with Crippen LogP contribution in [0.5, 0.6) is 0 Å². The van der Waals surface area contributed by atoms with Crippen molar-refractivity contribution in [3.05, 3.63) is 59.7 Å². The smallest absolute Gasteiger partial charge is 0.132 e. The van der Waals surface area contributed by atoms with Gasteiger partial charge in [0.05, 0.1) is 6.61 Å². The Bertz CT molecular complexity index is 472. The summed E-state index contributed by atoms with van der Waals surface area (Å²) in [6.07, 6.45) is 0. The lowest BCUT2D eigenvalue weighted by atomic mass is 10.0. The van der Waals surface area contributed by atoms with Gasteiger partial charge in [-0.15, -0.1) is 0 Å². The molecule has 0 fully saturated rings. The number of aliphatic hydroxyl groups excluding tert-OH is 1. The third kappa shape index (κ3) is 1.95. The lowest BCUT2D eigenvalue weighted by Crippen LogP contribution is -1.96. The van der Waals surface area contributed by atoms with E-state index in [0.717, 1.165) is 5.56 Å².